The lowest BCUT2D eigenvalue weighted by molar-refractivity contribution is -0.120. The van der Waals surface area contributed by atoms with Gasteiger partial charge in [0, 0.05) is 34.6 Å². The van der Waals surface area contributed by atoms with Gasteiger partial charge in [0.2, 0.25) is 0 Å². The molecule has 2 atom stereocenters. The highest BCUT2D eigenvalue weighted by atomic mass is 35.5. The molecule has 5 aromatic rings. The van der Waals surface area contributed by atoms with Crippen LogP contribution in [0.2, 0.25) is 5.02 Å². The molecule has 7 rings (SSSR count). The van der Waals surface area contributed by atoms with Gasteiger partial charge in [-0.05, 0) is 53.9 Å². The summed E-state index contributed by atoms with van der Waals surface area (Å²) in [5.74, 6) is -0.719. The normalized spacial score (nSPS) is 17.9. The Hall–Kier alpha value is -4.88. The second-order valence-corrected chi connectivity index (χ2v) is 11.2. The largest absolute Gasteiger partial charge is 0.356 e. The molecule has 4 amide bonds. The number of aryl methyl sites for hydroxylation is 1. The molecule has 42 heavy (non-hydrogen) atoms. The molecule has 0 unspecified atom stereocenters. The number of hydrogen-bond donors (Lipinski definition) is 2. The van der Waals surface area contributed by atoms with Crippen LogP contribution in [0.25, 0.3) is 10.9 Å². The first kappa shape index (κ1) is 26.0. The van der Waals surface area contributed by atoms with E-state index in [1.807, 2.05) is 67.6 Å². The minimum absolute atomic E-state index is 0.254. The Kier molecular flexibility index (Phi) is 6.32. The monoisotopic (exact) mass is 574 g/mol. The SMILES string of the molecule is Cc1ccc([C@H]2c3[nH]c4ccccc4c3C[C@H]3C(=O)N(c4ccccc4C(=O)NCc4ccc(Cl)cc4)C(=O)N23)cc1. The fourth-order valence-corrected chi connectivity index (χ4v) is 6.26. The molecular formula is C34H27ClN4O3. The van der Waals surface area contributed by atoms with E-state index >= 15 is 0 Å². The van der Waals surface area contributed by atoms with Crippen molar-refractivity contribution in [3.05, 3.63) is 136 Å². The summed E-state index contributed by atoms with van der Waals surface area (Å²) in [6.45, 7) is 2.29. The van der Waals surface area contributed by atoms with E-state index in [2.05, 4.69) is 10.3 Å². The van der Waals surface area contributed by atoms with E-state index in [0.29, 0.717) is 11.4 Å². The summed E-state index contributed by atoms with van der Waals surface area (Å²) < 4.78 is 0. The van der Waals surface area contributed by atoms with Gasteiger partial charge in [-0.25, -0.2) is 9.69 Å². The average molecular weight is 575 g/mol. The molecule has 2 aliphatic rings. The zero-order valence-corrected chi connectivity index (χ0v) is 23.6. The van der Waals surface area contributed by atoms with Crippen molar-refractivity contribution >= 4 is 46.0 Å². The maximum atomic E-state index is 14.3. The van der Waals surface area contributed by atoms with Crippen LogP contribution in [-0.4, -0.2) is 33.8 Å². The van der Waals surface area contributed by atoms with Crippen molar-refractivity contribution in [3.8, 4) is 0 Å². The quantitative estimate of drug-likeness (QED) is 0.234. The molecule has 8 heteroatoms. The van der Waals surface area contributed by atoms with Crippen LogP contribution in [0, 0.1) is 6.92 Å². The lowest BCUT2D eigenvalue weighted by atomic mass is 9.88. The minimum atomic E-state index is -0.708. The van der Waals surface area contributed by atoms with Crippen LogP contribution < -0.4 is 10.2 Å². The predicted octanol–water partition coefficient (Wildman–Crippen LogP) is 6.54. The zero-order valence-electron chi connectivity index (χ0n) is 22.8. The molecule has 0 radical (unpaired) electrons. The molecule has 1 fully saturated rings. The molecule has 2 N–H and O–H groups in total. The molecule has 208 valence electrons. The van der Waals surface area contributed by atoms with Gasteiger partial charge in [-0.1, -0.05) is 83.9 Å². The number of carbonyl (C=O) groups excluding carboxylic acids is 3. The highest BCUT2D eigenvalue weighted by Gasteiger charge is 2.53. The number of amides is 4. The molecule has 2 aliphatic heterocycles. The van der Waals surface area contributed by atoms with Crippen LogP contribution in [0.1, 0.15) is 44.3 Å². The van der Waals surface area contributed by atoms with E-state index in [-0.39, 0.29) is 29.6 Å². The van der Waals surface area contributed by atoms with Gasteiger partial charge < -0.3 is 10.3 Å². The summed E-state index contributed by atoms with van der Waals surface area (Å²) in [5.41, 5.74) is 6.34. The highest BCUT2D eigenvalue weighted by Crippen LogP contribution is 2.45. The van der Waals surface area contributed by atoms with Gasteiger partial charge in [-0.3, -0.25) is 14.5 Å². The van der Waals surface area contributed by atoms with E-state index in [9.17, 15) is 14.4 Å². The van der Waals surface area contributed by atoms with E-state index in [1.54, 1.807) is 41.3 Å². The Balaban J connectivity index is 1.27. The molecule has 1 aromatic heterocycles. The van der Waals surface area contributed by atoms with E-state index < -0.39 is 18.1 Å². The maximum absolute atomic E-state index is 14.3. The number of benzene rings is 4. The van der Waals surface area contributed by atoms with Crippen molar-refractivity contribution in [1.82, 2.24) is 15.2 Å². The number of nitrogens with one attached hydrogen (secondary N) is 2. The Labute approximate surface area is 247 Å². The summed E-state index contributed by atoms with van der Waals surface area (Å²) in [4.78, 5) is 48.2. The lowest BCUT2D eigenvalue weighted by Gasteiger charge is -2.36. The van der Waals surface area contributed by atoms with Crippen molar-refractivity contribution in [3.63, 3.8) is 0 Å². The third-order valence-electron chi connectivity index (χ3n) is 8.20. The van der Waals surface area contributed by atoms with Gasteiger partial charge in [0.1, 0.15) is 12.1 Å². The summed E-state index contributed by atoms with van der Waals surface area (Å²) >= 11 is 5.99. The van der Waals surface area contributed by atoms with Crippen molar-refractivity contribution in [2.75, 3.05) is 4.90 Å². The van der Waals surface area contributed by atoms with E-state index in [0.717, 1.165) is 38.9 Å². The molecule has 3 heterocycles. The maximum Gasteiger partial charge on any atom is 0.332 e. The topological polar surface area (TPSA) is 85.5 Å². The third-order valence-corrected chi connectivity index (χ3v) is 8.45. The van der Waals surface area contributed by atoms with Crippen molar-refractivity contribution in [1.29, 1.82) is 0 Å². The number of imide groups is 1. The fourth-order valence-electron chi connectivity index (χ4n) is 6.13. The Bertz CT molecular complexity index is 1860. The van der Waals surface area contributed by atoms with Crippen LogP contribution in [-0.2, 0) is 17.8 Å². The van der Waals surface area contributed by atoms with Crippen molar-refractivity contribution < 1.29 is 14.4 Å². The van der Waals surface area contributed by atoms with E-state index in [1.165, 1.54) is 4.90 Å². The van der Waals surface area contributed by atoms with Gasteiger partial charge in [-0.2, -0.15) is 0 Å². The number of aromatic amines is 1. The lowest BCUT2D eigenvalue weighted by Crippen LogP contribution is -2.44. The fraction of sp³-hybridized carbons (Fsp3) is 0.147. The molecule has 0 saturated carbocycles. The predicted molar refractivity (Wildman–Crippen MR) is 163 cm³/mol. The molecule has 4 aromatic carbocycles. The van der Waals surface area contributed by atoms with Crippen LogP contribution in [0.3, 0.4) is 0 Å². The minimum Gasteiger partial charge on any atom is -0.356 e. The first-order chi connectivity index (χ1) is 20.4. The number of anilines is 1. The molecule has 0 bridgehead atoms. The average Bonchev–Trinajstić information content (AvgIpc) is 3.50. The van der Waals surface area contributed by atoms with Crippen molar-refractivity contribution in [2.24, 2.45) is 0 Å². The van der Waals surface area contributed by atoms with Gasteiger partial charge in [0.15, 0.2) is 0 Å². The summed E-state index contributed by atoms with van der Waals surface area (Å²) in [7, 11) is 0. The molecule has 0 aliphatic carbocycles. The van der Waals surface area contributed by atoms with Gasteiger partial charge in [0.25, 0.3) is 11.8 Å². The first-order valence-electron chi connectivity index (χ1n) is 13.8. The first-order valence-corrected chi connectivity index (χ1v) is 14.2. The second-order valence-electron chi connectivity index (χ2n) is 10.8. The van der Waals surface area contributed by atoms with Crippen LogP contribution >= 0.6 is 11.6 Å². The molecule has 0 spiro atoms. The van der Waals surface area contributed by atoms with Gasteiger partial charge >= 0.3 is 6.03 Å². The number of hydrogen-bond acceptors (Lipinski definition) is 3. The molecular weight excluding hydrogens is 548 g/mol. The number of halogens is 1. The summed E-state index contributed by atoms with van der Waals surface area (Å²) in [6.07, 6.45) is 0.383. The number of para-hydroxylation sites is 2. The number of carbonyl (C=O) groups is 3. The number of nitrogens with zero attached hydrogens (tertiary/aromatic N) is 2. The van der Waals surface area contributed by atoms with Gasteiger partial charge in [-0.15, -0.1) is 0 Å². The number of rotatable bonds is 5. The second kappa shape index (κ2) is 10.2. The van der Waals surface area contributed by atoms with Crippen LogP contribution in [0.5, 0.6) is 0 Å². The molecule has 7 nitrogen and oxygen atoms in total. The third kappa shape index (κ3) is 4.25. The standard InChI is InChI=1S/C34H27ClN4O3/c1-20-10-14-22(15-11-20)31-30-26(24-6-2-4-8-27(24)37-30)18-29-33(41)39(34(42)38(29)31)28-9-5-3-7-25(28)32(40)36-19-21-12-16-23(35)17-13-21/h2-17,29,31,37H,18-19H2,1H3,(H,36,40)/t29-,31-/m0/s1. The van der Waals surface area contributed by atoms with Crippen molar-refractivity contribution in [2.45, 2.75) is 32.0 Å². The van der Waals surface area contributed by atoms with E-state index in [4.69, 9.17) is 11.6 Å². The molecule has 1 saturated heterocycles. The number of urea groups is 1. The highest BCUT2D eigenvalue weighted by molar-refractivity contribution is 6.30. The Morgan fingerprint density at radius 3 is 2.43 bits per heavy atom. The number of aromatic nitrogens is 1. The van der Waals surface area contributed by atoms with Crippen LogP contribution in [0.4, 0.5) is 10.5 Å². The van der Waals surface area contributed by atoms with Gasteiger partial charge in [0.05, 0.1) is 11.3 Å². The van der Waals surface area contributed by atoms with Crippen LogP contribution in [0.15, 0.2) is 97.1 Å². The smallest absolute Gasteiger partial charge is 0.332 e. The zero-order chi connectivity index (χ0) is 29.0. The number of fused-ring (bicyclic) bond motifs is 4. The Morgan fingerprint density at radius 1 is 0.929 bits per heavy atom. The summed E-state index contributed by atoms with van der Waals surface area (Å²) in [6, 6.07) is 28.4. The summed E-state index contributed by atoms with van der Waals surface area (Å²) in [5, 5.41) is 4.57. The number of H-pyrrole nitrogens is 1. The Morgan fingerprint density at radius 2 is 1.64 bits per heavy atom.